The van der Waals surface area contributed by atoms with Gasteiger partial charge in [-0.2, -0.15) is 5.10 Å². The number of hydrogen-bond acceptors (Lipinski definition) is 3. The summed E-state index contributed by atoms with van der Waals surface area (Å²) >= 11 is 0. The molecule has 6 heteroatoms. The van der Waals surface area contributed by atoms with Crippen molar-refractivity contribution in [3.63, 3.8) is 0 Å². The van der Waals surface area contributed by atoms with Crippen LogP contribution in [-0.2, 0) is 16.1 Å². The Balaban J connectivity index is 1.75. The highest BCUT2D eigenvalue weighted by molar-refractivity contribution is 5.92. The van der Waals surface area contributed by atoms with Crippen molar-refractivity contribution < 1.29 is 9.59 Å². The molecular weight excluding hydrogens is 364 g/mol. The van der Waals surface area contributed by atoms with E-state index in [9.17, 15) is 9.59 Å². The first-order chi connectivity index (χ1) is 14.1. The lowest BCUT2D eigenvalue weighted by Gasteiger charge is -2.02. The molecule has 0 spiro atoms. The summed E-state index contributed by atoms with van der Waals surface area (Å²) in [7, 11) is 0. The van der Waals surface area contributed by atoms with Gasteiger partial charge >= 0.3 is 0 Å². The molecule has 1 aromatic heterocycles. The van der Waals surface area contributed by atoms with Crippen LogP contribution in [0.5, 0.6) is 0 Å². The molecule has 0 bridgehead atoms. The van der Waals surface area contributed by atoms with Gasteiger partial charge in [0.1, 0.15) is 0 Å². The molecule has 3 aromatic rings. The van der Waals surface area contributed by atoms with E-state index >= 15 is 0 Å². The van der Waals surface area contributed by atoms with Crippen LogP contribution in [0.25, 0.3) is 17.3 Å². The molecule has 3 rings (SSSR count). The van der Waals surface area contributed by atoms with Gasteiger partial charge in [-0.3, -0.25) is 14.3 Å². The number of carbonyl (C=O) groups excluding carboxylic acids is 2. The van der Waals surface area contributed by atoms with Gasteiger partial charge in [0.2, 0.25) is 11.8 Å². The second-order valence-electron chi connectivity index (χ2n) is 6.59. The number of nitrogens with one attached hydrogen (secondary N) is 2. The molecule has 2 amide bonds. The Morgan fingerprint density at radius 2 is 1.62 bits per heavy atom. The zero-order valence-corrected chi connectivity index (χ0v) is 16.3. The molecule has 1 heterocycles. The van der Waals surface area contributed by atoms with E-state index in [-0.39, 0.29) is 11.8 Å². The minimum Gasteiger partial charge on any atom is -0.355 e. The zero-order valence-electron chi connectivity index (χ0n) is 16.3. The average molecular weight is 388 g/mol. The summed E-state index contributed by atoms with van der Waals surface area (Å²) in [6.07, 6.45) is 5.20. The number of rotatable bonds is 8. The molecule has 2 aromatic carbocycles. The molecule has 2 N–H and O–H groups in total. The Morgan fingerprint density at radius 1 is 0.966 bits per heavy atom. The van der Waals surface area contributed by atoms with Crippen LogP contribution in [0.2, 0.25) is 0 Å². The van der Waals surface area contributed by atoms with Gasteiger partial charge in [0.25, 0.3) is 0 Å². The van der Waals surface area contributed by atoms with Crippen molar-refractivity contribution in [3.05, 3.63) is 84.1 Å². The monoisotopic (exact) mass is 388 g/mol. The lowest BCUT2D eigenvalue weighted by Crippen LogP contribution is -2.32. The van der Waals surface area contributed by atoms with Gasteiger partial charge in [-0.25, -0.2) is 0 Å². The first-order valence-electron chi connectivity index (χ1n) is 9.49. The Labute approximate surface area is 170 Å². The Hall–Kier alpha value is -3.67. The highest BCUT2D eigenvalue weighted by Crippen LogP contribution is 2.23. The number of aromatic nitrogens is 2. The predicted octanol–water partition coefficient (Wildman–Crippen LogP) is 2.86. The van der Waals surface area contributed by atoms with Crippen molar-refractivity contribution in [2.24, 2.45) is 0 Å². The fourth-order valence-electron chi connectivity index (χ4n) is 2.88. The molecule has 0 fully saturated rings. The molecule has 0 radical (unpaired) electrons. The van der Waals surface area contributed by atoms with E-state index in [0.29, 0.717) is 19.6 Å². The summed E-state index contributed by atoms with van der Waals surface area (Å²) in [4.78, 5) is 22.9. The molecule has 0 unspecified atom stereocenters. The number of benzene rings is 2. The first kappa shape index (κ1) is 20.1. The summed E-state index contributed by atoms with van der Waals surface area (Å²) in [5.41, 5.74) is 3.83. The SMILES string of the molecule is CC(=O)NCCNC(=O)/C=C/c1cn(Cc2ccccc2)nc1-c1ccccc1. The lowest BCUT2D eigenvalue weighted by atomic mass is 10.1. The maximum atomic E-state index is 12.1. The minimum atomic E-state index is -0.217. The molecule has 0 atom stereocenters. The fraction of sp³-hybridized carbons (Fsp3) is 0.174. The summed E-state index contributed by atoms with van der Waals surface area (Å²) in [5.74, 6) is -0.335. The normalized spacial score (nSPS) is 10.8. The topological polar surface area (TPSA) is 76.0 Å². The smallest absolute Gasteiger partial charge is 0.244 e. The Morgan fingerprint density at radius 3 is 2.31 bits per heavy atom. The zero-order chi connectivity index (χ0) is 20.5. The molecule has 148 valence electrons. The second-order valence-corrected chi connectivity index (χ2v) is 6.59. The standard InChI is InChI=1S/C23H24N4O2/c1-18(28)24-14-15-25-22(29)13-12-21-17-27(16-19-8-4-2-5-9-19)26-23(21)20-10-6-3-7-11-20/h2-13,17H,14-16H2,1H3,(H,24,28)(H,25,29)/b13-12+. The molecule has 29 heavy (non-hydrogen) atoms. The van der Waals surface area contributed by atoms with Crippen molar-refractivity contribution in [1.82, 2.24) is 20.4 Å². The van der Waals surface area contributed by atoms with Crippen molar-refractivity contribution in [2.45, 2.75) is 13.5 Å². The van der Waals surface area contributed by atoms with Crippen LogP contribution in [0.1, 0.15) is 18.1 Å². The van der Waals surface area contributed by atoms with Gasteiger partial charge < -0.3 is 10.6 Å². The summed E-state index contributed by atoms with van der Waals surface area (Å²) in [6.45, 7) is 2.87. The van der Waals surface area contributed by atoms with Gasteiger partial charge in [0, 0.05) is 43.4 Å². The van der Waals surface area contributed by atoms with Crippen molar-refractivity contribution in [1.29, 1.82) is 0 Å². The van der Waals surface area contributed by atoms with Crippen LogP contribution in [0.3, 0.4) is 0 Å². The summed E-state index contributed by atoms with van der Waals surface area (Å²) < 4.78 is 1.88. The van der Waals surface area contributed by atoms with Gasteiger partial charge in [-0.1, -0.05) is 60.7 Å². The van der Waals surface area contributed by atoms with Crippen molar-refractivity contribution in [2.75, 3.05) is 13.1 Å². The van der Waals surface area contributed by atoms with E-state index in [1.807, 2.05) is 59.4 Å². The molecular formula is C23H24N4O2. The van der Waals surface area contributed by atoms with Crippen LogP contribution >= 0.6 is 0 Å². The highest BCUT2D eigenvalue weighted by atomic mass is 16.2. The van der Waals surface area contributed by atoms with Crippen LogP contribution in [0.4, 0.5) is 0 Å². The van der Waals surface area contributed by atoms with E-state index in [2.05, 4.69) is 22.8 Å². The van der Waals surface area contributed by atoms with Crippen molar-refractivity contribution >= 4 is 17.9 Å². The lowest BCUT2D eigenvalue weighted by molar-refractivity contribution is -0.119. The Bertz CT molecular complexity index is 979. The molecule has 0 aliphatic rings. The van der Waals surface area contributed by atoms with E-state index in [1.165, 1.54) is 13.0 Å². The average Bonchev–Trinajstić information content (AvgIpc) is 3.13. The van der Waals surface area contributed by atoms with Gasteiger partial charge in [0.15, 0.2) is 0 Å². The maximum absolute atomic E-state index is 12.1. The third kappa shape index (κ3) is 6.17. The van der Waals surface area contributed by atoms with Crippen LogP contribution in [0.15, 0.2) is 72.9 Å². The molecule has 0 saturated heterocycles. The largest absolute Gasteiger partial charge is 0.355 e. The number of nitrogens with zero attached hydrogens (tertiary/aromatic N) is 2. The fourth-order valence-corrected chi connectivity index (χ4v) is 2.88. The van der Waals surface area contributed by atoms with E-state index in [0.717, 1.165) is 22.4 Å². The summed E-state index contributed by atoms with van der Waals surface area (Å²) in [6, 6.07) is 20.0. The molecule has 6 nitrogen and oxygen atoms in total. The number of carbonyl (C=O) groups is 2. The van der Waals surface area contributed by atoms with Gasteiger partial charge in [-0.15, -0.1) is 0 Å². The van der Waals surface area contributed by atoms with Crippen LogP contribution in [0, 0.1) is 0 Å². The molecule has 0 aliphatic heterocycles. The van der Waals surface area contributed by atoms with E-state index in [1.54, 1.807) is 6.08 Å². The van der Waals surface area contributed by atoms with Gasteiger partial charge in [-0.05, 0) is 11.6 Å². The third-order valence-corrected chi connectivity index (χ3v) is 4.24. The number of amides is 2. The van der Waals surface area contributed by atoms with E-state index < -0.39 is 0 Å². The predicted molar refractivity (Wildman–Crippen MR) is 114 cm³/mol. The van der Waals surface area contributed by atoms with Crippen LogP contribution in [-0.4, -0.2) is 34.7 Å². The minimum absolute atomic E-state index is 0.117. The molecule has 0 aliphatic carbocycles. The Kier molecular flexibility index (Phi) is 6.95. The summed E-state index contributed by atoms with van der Waals surface area (Å²) in [5, 5.41) is 10.1. The maximum Gasteiger partial charge on any atom is 0.244 e. The second kappa shape index (κ2) is 10.0. The first-order valence-corrected chi connectivity index (χ1v) is 9.49. The third-order valence-electron chi connectivity index (χ3n) is 4.24. The highest BCUT2D eigenvalue weighted by Gasteiger charge is 2.10. The van der Waals surface area contributed by atoms with Gasteiger partial charge in [0.05, 0.1) is 12.2 Å². The van der Waals surface area contributed by atoms with Crippen LogP contribution < -0.4 is 10.6 Å². The quantitative estimate of drug-likeness (QED) is 0.460. The van der Waals surface area contributed by atoms with Crippen molar-refractivity contribution in [3.8, 4) is 11.3 Å². The number of hydrogen-bond donors (Lipinski definition) is 2. The van der Waals surface area contributed by atoms with E-state index in [4.69, 9.17) is 5.10 Å². The molecule has 0 saturated carbocycles.